The summed E-state index contributed by atoms with van der Waals surface area (Å²) in [4.78, 5) is 19.2. The Balaban J connectivity index is 1.31. The summed E-state index contributed by atoms with van der Waals surface area (Å²) in [6, 6.07) is 13.6. The maximum absolute atomic E-state index is 12.6. The molecule has 1 amide bonds. The summed E-state index contributed by atoms with van der Waals surface area (Å²) in [6.07, 6.45) is 5.57. The summed E-state index contributed by atoms with van der Waals surface area (Å²) < 4.78 is 5.25. The van der Waals surface area contributed by atoms with Gasteiger partial charge in [-0.2, -0.15) is 5.10 Å². The van der Waals surface area contributed by atoms with Crippen molar-refractivity contribution in [1.82, 2.24) is 25.4 Å². The van der Waals surface area contributed by atoms with Crippen LogP contribution in [0.4, 0.5) is 0 Å². The first-order valence-corrected chi connectivity index (χ1v) is 9.83. The van der Waals surface area contributed by atoms with Gasteiger partial charge in [0.2, 0.25) is 0 Å². The number of rotatable bonds is 6. The van der Waals surface area contributed by atoms with Crippen LogP contribution in [0.5, 0.6) is 5.75 Å². The Morgan fingerprint density at radius 2 is 2.10 bits per heavy atom. The Labute approximate surface area is 170 Å². The number of ether oxygens (including phenoxy) is 1. The van der Waals surface area contributed by atoms with Crippen molar-refractivity contribution in [2.75, 3.05) is 20.2 Å². The van der Waals surface area contributed by atoms with Crippen LogP contribution in [0.2, 0.25) is 0 Å². The molecular formula is C22H25N5O2. The predicted octanol–water partition coefficient (Wildman–Crippen LogP) is 2.87. The standard InChI is InChI=1S/C22H25N5O2/c1-29-19-6-2-5-17(12-19)20-13-21(26-25-20)22(28)24-18-7-10-27(11-8-18)15-16-4-3-9-23-14-16/h2-6,9,12-14,18H,7-8,10-11,15H2,1H3,(H,24,28)(H,25,26). The van der Waals surface area contributed by atoms with E-state index in [-0.39, 0.29) is 11.9 Å². The second-order valence-corrected chi connectivity index (χ2v) is 7.28. The monoisotopic (exact) mass is 391 g/mol. The quantitative estimate of drug-likeness (QED) is 0.675. The van der Waals surface area contributed by atoms with Gasteiger partial charge in [-0.3, -0.25) is 19.8 Å². The molecule has 1 aliphatic heterocycles. The van der Waals surface area contributed by atoms with Gasteiger partial charge in [-0.1, -0.05) is 18.2 Å². The second-order valence-electron chi connectivity index (χ2n) is 7.28. The molecule has 0 atom stereocenters. The Hall–Kier alpha value is -3.19. The van der Waals surface area contributed by atoms with E-state index in [0.717, 1.165) is 49.5 Å². The number of nitrogens with zero attached hydrogens (tertiary/aromatic N) is 3. The number of hydrogen-bond donors (Lipinski definition) is 2. The van der Waals surface area contributed by atoms with Crippen LogP contribution in [-0.2, 0) is 6.54 Å². The number of likely N-dealkylation sites (tertiary alicyclic amines) is 1. The first kappa shape index (κ1) is 19.1. The van der Waals surface area contributed by atoms with E-state index < -0.39 is 0 Å². The molecule has 29 heavy (non-hydrogen) atoms. The summed E-state index contributed by atoms with van der Waals surface area (Å²) in [5.74, 6) is 0.645. The van der Waals surface area contributed by atoms with Crippen LogP contribution >= 0.6 is 0 Å². The average molecular weight is 391 g/mol. The topological polar surface area (TPSA) is 83.1 Å². The van der Waals surface area contributed by atoms with E-state index in [2.05, 4.69) is 31.5 Å². The molecule has 3 heterocycles. The predicted molar refractivity (Wildman–Crippen MR) is 111 cm³/mol. The van der Waals surface area contributed by atoms with Gasteiger partial charge < -0.3 is 10.1 Å². The molecule has 7 nitrogen and oxygen atoms in total. The van der Waals surface area contributed by atoms with E-state index in [4.69, 9.17) is 4.74 Å². The van der Waals surface area contributed by atoms with Crippen molar-refractivity contribution in [2.45, 2.75) is 25.4 Å². The summed E-state index contributed by atoms with van der Waals surface area (Å²) in [7, 11) is 1.63. The number of carbonyl (C=O) groups excluding carboxylic acids is 1. The van der Waals surface area contributed by atoms with Gasteiger partial charge in [0.25, 0.3) is 5.91 Å². The maximum Gasteiger partial charge on any atom is 0.269 e. The summed E-state index contributed by atoms with van der Waals surface area (Å²) in [5.41, 5.74) is 3.32. The summed E-state index contributed by atoms with van der Waals surface area (Å²) in [5, 5.41) is 10.3. The number of pyridine rings is 1. The highest BCUT2D eigenvalue weighted by atomic mass is 16.5. The number of methoxy groups -OCH3 is 1. The Bertz CT molecular complexity index is 949. The van der Waals surface area contributed by atoms with E-state index in [0.29, 0.717) is 5.69 Å². The Morgan fingerprint density at radius 3 is 2.86 bits per heavy atom. The second kappa shape index (κ2) is 8.87. The van der Waals surface area contributed by atoms with Crippen molar-refractivity contribution in [1.29, 1.82) is 0 Å². The molecule has 0 bridgehead atoms. The van der Waals surface area contributed by atoms with Crippen molar-refractivity contribution in [3.05, 3.63) is 66.1 Å². The number of amides is 1. The molecule has 0 radical (unpaired) electrons. The molecule has 3 aromatic rings. The zero-order valence-corrected chi connectivity index (χ0v) is 16.5. The number of H-pyrrole nitrogens is 1. The highest BCUT2D eigenvalue weighted by Crippen LogP contribution is 2.22. The van der Waals surface area contributed by atoms with Crippen LogP contribution in [0.25, 0.3) is 11.3 Å². The fourth-order valence-corrected chi connectivity index (χ4v) is 3.62. The van der Waals surface area contributed by atoms with Crippen molar-refractivity contribution < 1.29 is 9.53 Å². The lowest BCUT2D eigenvalue weighted by Crippen LogP contribution is -2.44. The number of aromatic nitrogens is 3. The average Bonchev–Trinajstić information content (AvgIpc) is 3.26. The highest BCUT2D eigenvalue weighted by molar-refractivity contribution is 5.93. The molecular weight excluding hydrogens is 366 g/mol. The molecule has 4 rings (SSSR count). The van der Waals surface area contributed by atoms with Gasteiger partial charge in [-0.05, 0) is 42.7 Å². The van der Waals surface area contributed by atoms with E-state index in [1.165, 1.54) is 5.56 Å². The number of carbonyl (C=O) groups is 1. The molecule has 2 N–H and O–H groups in total. The van der Waals surface area contributed by atoms with E-state index in [9.17, 15) is 4.79 Å². The molecule has 0 spiro atoms. The lowest BCUT2D eigenvalue weighted by Gasteiger charge is -2.32. The summed E-state index contributed by atoms with van der Waals surface area (Å²) in [6.45, 7) is 2.81. The van der Waals surface area contributed by atoms with E-state index >= 15 is 0 Å². The van der Waals surface area contributed by atoms with Gasteiger partial charge in [0.1, 0.15) is 11.4 Å². The Kier molecular flexibility index (Phi) is 5.86. The van der Waals surface area contributed by atoms with Crippen LogP contribution in [0.3, 0.4) is 0 Å². The minimum atomic E-state index is -0.114. The smallest absolute Gasteiger partial charge is 0.269 e. The van der Waals surface area contributed by atoms with E-state index in [1.807, 2.05) is 36.5 Å². The van der Waals surface area contributed by atoms with Crippen LogP contribution in [0.1, 0.15) is 28.9 Å². The molecule has 1 aromatic carbocycles. The van der Waals surface area contributed by atoms with Gasteiger partial charge in [0.15, 0.2) is 0 Å². The van der Waals surface area contributed by atoms with Crippen molar-refractivity contribution in [3.8, 4) is 17.0 Å². The SMILES string of the molecule is COc1cccc(-c2cc(C(=O)NC3CCN(Cc4cccnc4)CC3)[nH]n2)c1. The third kappa shape index (κ3) is 4.81. The molecule has 1 fully saturated rings. The molecule has 2 aromatic heterocycles. The van der Waals surface area contributed by atoms with Gasteiger partial charge >= 0.3 is 0 Å². The van der Waals surface area contributed by atoms with E-state index in [1.54, 1.807) is 19.4 Å². The van der Waals surface area contributed by atoms with Gasteiger partial charge in [0.05, 0.1) is 12.8 Å². The zero-order chi connectivity index (χ0) is 20.1. The van der Waals surface area contributed by atoms with Crippen molar-refractivity contribution in [2.24, 2.45) is 0 Å². The molecule has 7 heteroatoms. The largest absolute Gasteiger partial charge is 0.497 e. The van der Waals surface area contributed by atoms with Crippen LogP contribution in [0, 0.1) is 0 Å². The first-order chi connectivity index (χ1) is 14.2. The number of piperidine rings is 1. The molecule has 1 saturated heterocycles. The van der Waals surface area contributed by atoms with Crippen molar-refractivity contribution in [3.63, 3.8) is 0 Å². The first-order valence-electron chi connectivity index (χ1n) is 9.83. The molecule has 0 aliphatic carbocycles. The Morgan fingerprint density at radius 1 is 1.24 bits per heavy atom. The maximum atomic E-state index is 12.6. The normalized spacial score (nSPS) is 15.2. The fraction of sp³-hybridized carbons (Fsp3) is 0.318. The number of hydrogen-bond acceptors (Lipinski definition) is 5. The third-order valence-corrected chi connectivity index (χ3v) is 5.24. The molecule has 0 unspecified atom stereocenters. The number of nitrogens with one attached hydrogen (secondary N) is 2. The third-order valence-electron chi connectivity index (χ3n) is 5.24. The minimum Gasteiger partial charge on any atom is -0.497 e. The van der Waals surface area contributed by atoms with Crippen molar-refractivity contribution >= 4 is 5.91 Å². The number of aromatic amines is 1. The van der Waals surface area contributed by atoms with Crippen LogP contribution in [-0.4, -0.2) is 52.2 Å². The molecule has 150 valence electrons. The molecule has 0 saturated carbocycles. The van der Waals surface area contributed by atoms with Crippen LogP contribution in [0.15, 0.2) is 54.9 Å². The number of benzene rings is 1. The zero-order valence-electron chi connectivity index (χ0n) is 16.5. The highest BCUT2D eigenvalue weighted by Gasteiger charge is 2.22. The lowest BCUT2D eigenvalue weighted by atomic mass is 10.0. The van der Waals surface area contributed by atoms with Gasteiger partial charge in [-0.15, -0.1) is 0 Å². The van der Waals surface area contributed by atoms with Gasteiger partial charge in [0, 0.05) is 43.6 Å². The fourth-order valence-electron chi connectivity index (χ4n) is 3.62. The van der Waals surface area contributed by atoms with Gasteiger partial charge in [-0.25, -0.2) is 0 Å². The summed E-state index contributed by atoms with van der Waals surface area (Å²) >= 11 is 0. The lowest BCUT2D eigenvalue weighted by molar-refractivity contribution is 0.0904. The minimum absolute atomic E-state index is 0.114. The van der Waals surface area contributed by atoms with Crippen LogP contribution < -0.4 is 10.1 Å². The molecule has 1 aliphatic rings.